The van der Waals surface area contributed by atoms with Crippen LogP contribution in [0.25, 0.3) is 0 Å². The number of aryl methyl sites for hydroxylation is 1. The van der Waals surface area contributed by atoms with Gasteiger partial charge in [0.15, 0.2) is 0 Å². The molecule has 0 aromatic carbocycles. The van der Waals surface area contributed by atoms with Crippen molar-refractivity contribution in [2.24, 2.45) is 0 Å². The number of hydrogen-bond acceptors (Lipinski definition) is 4. The van der Waals surface area contributed by atoms with Gasteiger partial charge in [-0.1, -0.05) is 13.3 Å². The maximum atomic E-state index is 12.9. The van der Waals surface area contributed by atoms with E-state index in [1.165, 1.54) is 12.5 Å². The first-order valence-electron chi connectivity index (χ1n) is 8.52. The van der Waals surface area contributed by atoms with Crippen LogP contribution in [0, 0.1) is 0 Å². The standard InChI is InChI=1S/C19H23NO4/c1-4-5-13-10-16-15(19(22)24-12(2)3)6-8-20(16)17(13)18(21)14-7-9-23-11-14/h7,9-12,15H,4-6,8H2,1-3H3. The summed E-state index contributed by atoms with van der Waals surface area (Å²) in [7, 11) is 0. The number of carbonyl (C=O) groups excluding carboxylic acids is 2. The molecule has 0 saturated heterocycles. The van der Waals surface area contributed by atoms with Crippen LogP contribution in [-0.4, -0.2) is 22.4 Å². The normalized spacial score (nSPS) is 16.4. The Hall–Kier alpha value is -2.30. The summed E-state index contributed by atoms with van der Waals surface area (Å²) < 4.78 is 12.4. The van der Waals surface area contributed by atoms with Gasteiger partial charge in [-0.05, 0) is 44.4 Å². The molecule has 0 amide bonds. The van der Waals surface area contributed by atoms with Gasteiger partial charge in [-0.25, -0.2) is 0 Å². The first kappa shape index (κ1) is 16.6. The monoisotopic (exact) mass is 329 g/mol. The molecule has 0 fully saturated rings. The molecule has 24 heavy (non-hydrogen) atoms. The van der Waals surface area contributed by atoms with Crippen LogP contribution >= 0.6 is 0 Å². The summed E-state index contributed by atoms with van der Waals surface area (Å²) in [6.45, 7) is 6.44. The fourth-order valence-electron chi connectivity index (χ4n) is 3.37. The van der Waals surface area contributed by atoms with E-state index in [0.29, 0.717) is 24.2 Å². The maximum Gasteiger partial charge on any atom is 0.315 e. The molecule has 1 unspecified atom stereocenters. The number of ether oxygens (including phenoxy) is 1. The van der Waals surface area contributed by atoms with Gasteiger partial charge in [-0.15, -0.1) is 0 Å². The zero-order valence-corrected chi connectivity index (χ0v) is 14.4. The van der Waals surface area contributed by atoms with E-state index in [2.05, 4.69) is 6.92 Å². The molecule has 3 rings (SSSR count). The van der Waals surface area contributed by atoms with E-state index in [-0.39, 0.29) is 23.8 Å². The minimum absolute atomic E-state index is 0.0451. The highest BCUT2D eigenvalue weighted by molar-refractivity contribution is 6.09. The fourth-order valence-corrected chi connectivity index (χ4v) is 3.37. The number of hydrogen-bond donors (Lipinski definition) is 0. The van der Waals surface area contributed by atoms with Crippen LogP contribution in [0.15, 0.2) is 29.1 Å². The molecule has 0 radical (unpaired) electrons. The molecule has 5 heteroatoms. The third kappa shape index (κ3) is 2.90. The summed E-state index contributed by atoms with van der Waals surface area (Å²) in [5, 5.41) is 0. The van der Waals surface area contributed by atoms with Crippen LogP contribution in [0.3, 0.4) is 0 Å². The Bertz CT molecular complexity index is 740. The van der Waals surface area contributed by atoms with Crippen molar-refractivity contribution < 1.29 is 18.7 Å². The molecule has 0 saturated carbocycles. The molecule has 128 valence electrons. The van der Waals surface area contributed by atoms with Gasteiger partial charge in [0, 0.05) is 12.2 Å². The van der Waals surface area contributed by atoms with E-state index in [1.807, 2.05) is 24.5 Å². The SMILES string of the molecule is CCCc1cc2n(c1C(=O)c1ccoc1)CCC2C(=O)OC(C)C. The third-order valence-electron chi connectivity index (χ3n) is 4.36. The predicted molar refractivity (Wildman–Crippen MR) is 89.2 cm³/mol. The molecule has 3 heterocycles. The lowest BCUT2D eigenvalue weighted by Crippen LogP contribution is -2.18. The van der Waals surface area contributed by atoms with Gasteiger partial charge in [-0.3, -0.25) is 9.59 Å². The molecule has 1 aliphatic heterocycles. The number of nitrogens with zero attached hydrogens (tertiary/aromatic N) is 1. The highest BCUT2D eigenvalue weighted by Gasteiger charge is 2.35. The minimum atomic E-state index is -0.283. The van der Waals surface area contributed by atoms with E-state index < -0.39 is 0 Å². The Kier molecular flexibility index (Phi) is 4.60. The summed E-state index contributed by atoms with van der Waals surface area (Å²) in [5.41, 5.74) is 3.13. The van der Waals surface area contributed by atoms with E-state index in [1.54, 1.807) is 6.07 Å². The molecule has 2 aromatic heterocycles. The van der Waals surface area contributed by atoms with Gasteiger partial charge in [0.05, 0.1) is 29.5 Å². The first-order valence-corrected chi connectivity index (χ1v) is 8.52. The van der Waals surface area contributed by atoms with Gasteiger partial charge < -0.3 is 13.7 Å². The number of aromatic nitrogens is 1. The number of furan rings is 1. The number of ketones is 1. The zero-order valence-electron chi connectivity index (χ0n) is 14.4. The quantitative estimate of drug-likeness (QED) is 0.599. The van der Waals surface area contributed by atoms with E-state index in [9.17, 15) is 9.59 Å². The lowest BCUT2D eigenvalue weighted by atomic mass is 10.0. The highest BCUT2D eigenvalue weighted by atomic mass is 16.5. The van der Waals surface area contributed by atoms with Crippen molar-refractivity contribution in [2.75, 3.05) is 0 Å². The van der Waals surface area contributed by atoms with Crippen molar-refractivity contribution in [1.82, 2.24) is 4.57 Å². The highest BCUT2D eigenvalue weighted by Crippen LogP contribution is 2.35. The zero-order chi connectivity index (χ0) is 17.3. The number of carbonyl (C=O) groups is 2. The van der Waals surface area contributed by atoms with Crippen LogP contribution in [0.1, 0.15) is 66.8 Å². The second-order valence-electron chi connectivity index (χ2n) is 6.51. The predicted octanol–water partition coefficient (Wildman–Crippen LogP) is 3.70. The lowest BCUT2D eigenvalue weighted by Gasteiger charge is -2.12. The number of esters is 1. The van der Waals surface area contributed by atoms with Gasteiger partial charge in [0.1, 0.15) is 6.26 Å². The van der Waals surface area contributed by atoms with E-state index >= 15 is 0 Å². The van der Waals surface area contributed by atoms with Crippen LogP contribution in [0.5, 0.6) is 0 Å². The van der Waals surface area contributed by atoms with Crippen molar-refractivity contribution in [3.63, 3.8) is 0 Å². The molecular weight excluding hydrogens is 306 g/mol. The molecule has 0 N–H and O–H groups in total. The fraction of sp³-hybridized carbons (Fsp3) is 0.474. The van der Waals surface area contributed by atoms with Crippen molar-refractivity contribution in [3.8, 4) is 0 Å². The Morgan fingerprint density at radius 2 is 2.21 bits per heavy atom. The average Bonchev–Trinajstić information content (AvgIpc) is 3.22. The summed E-state index contributed by atoms with van der Waals surface area (Å²) in [5.74, 6) is -0.531. The van der Waals surface area contributed by atoms with Crippen molar-refractivity contribution in [1.29, 1.82) is 0 Å². The molecule has 1 atom stereocenters. The second-order valence-corrected chi connectivity index (χ2v) is 6.51. The van der Waals surface area contributed by atoms with Crippen molar-refractivity contribution in [3.05, 3.63) is 47.2 Å². The van der Waals surface area contributed by atoms with E-state index in [4.69, 9.17) is 9.15 Å². The average molecular weight is 329 g/mol. The summed E-state index contributed by atoms with van der Waals surface area (Å²) in [6.07, 6.45) is 5.27. The molecule has 5 nitrogen and oxygen atoms in total. The Balaban J connectivity index is 1.99. The first-order chi connectivity index (χ1) is 11.5. The largest absolute Gasteiger partial charge is 0.472 e. The van der Waals surface area contributed by atoms with E-state index in [0.717, 1.165) is 24.1 Å². The molecular formula is C19H23NO4. The third-order valence-corrected chi connectivity index (χ3v) is 4.36. The van der Waals surface area contributed by atoms with Crippen LogP contribution in [0.2, 0.25) is 0 Å². The molecule has 1 aliphatic rings. The van der Waals surface area contributed by atoms with Crippen molar-refractivity contribution in [2.45, 2.75) is 58.6 Å². The maximum absolute atomic E-state index is 12.9. The Morgan fingerprint density at radius 1 is 1.42 bits per heavy atom. The minimum Gasteiger partial charge on any atom is -0.472 e. The summed E-state index contributed by atoms with van der Waals surface area (Å²) in [4.78, 5) is 25.2. The smallest absolute Gasteiger partial charge is 0.315 e. The summed E-state index contributed by atoms with van der Waals surface area (Å²) in [6, 6.07) is 3.69. The van der Waals surface area contributed by atoms with Crippen LogP contribution in [-0.2, 0) is 22.5 Å². The Morgan fingerprint density at radius 3 is 2.83 bits per heavy atom. The molecule has 0 aliphatic carbocycles. The van der Waals surface area contributed by atoms with Gasteiger partial charge in [0.2, 0.25) is 5.78 Å². The van der Waals surface area contributed by atoms with Gasteiger partial charge in [0.25, 0.3) is 0 Å². The number of rotatable bonds is 6. The van der Waals surface area contributed by atoms with Crippen LogP contribution in [0.4, 0.5) is 0 Å². The second kappa shape index (κ2) is 6.67. The Labute approximate surface area is 141 Å². The lowest BCUT2D eigenvalue weighted by molar-refractivity contribution is -0.149. The number of fused-ring (bicyclic) bond motifs is 1. The molecule has 0 bridgehead atoms. The molecule has 2 aromatic rings. The van der Waals surface area contributed by atoms with Gasteiger partial charge >= 0.3 is 5.97 Å². The van der Waals surface area contributed by atoms with Crippen molar-refractivity contribution >= 4 is 11.8 Å². The van der Waals surface area contributed by atoms with Crippen LogP contribution < -0.4 is 0 Å². The summed E-state index contributed by atoms with van der Waals surface area (Å²) >= 11 is 0. The van der Waals surface area contributed by atoms with Gasteiger partial charge in [-0.2, -0.15) is 0 Å². The molecule has 0 spiro atoms. The topological polar surface area (TPSA) is 61.4 Å².